The summed E-state index contributed by atoms with van der Waals surface area (Å²) in [5, 5.41) is 11.8. The van der Waals surface area contributed by atoms with Gasteiger partial charge >= 0.3 is 5.97 Å². The summed E-state index contributed by atoms with van der Waals surface area (Å²) in [6.07, 6.45) is 0.760. The summed E-state index contributed by atoms with van der Waals surface area (Å²) in [4.78, 5) is 23.2. The van der Waals surface area contributed by atoms with Crippen molar-refractivity contribution in [2.24, 2.45) is 0 Å². The predicted octanol–water partition coefficient (Wildman–Crippen LogP) is 2.80. The minimum atomic E-state index is -1.08. The highest BCUT2D eigenvalue weighted by Crippen LogP contribution is 2.12. The molecule has 1 atom stereocenters. The molecule has 132 valence electrons. The van der Waals surface area contributed by atoms with Gasteiger partial charge in [0.15, 0.2) is 0 Å². The zero-order chi connectivity index (χ0) is 18.1. The molecule has 6 heteroatoms. The third-order valence-corrected chi connectivity index (χ3v) is 3.53. The van der Waals surface area contributed by atoms with Gasteiger partial charge in [0.1, 0.15) is 17.6 Å². The first kappa shape index (κ1) is 18.4. The maximum atomic E-state index is 13.0. The SMILES string of the molecule is O=C(CCCOc1cccc(F)c1)NC(Cc1ccccc1)C(=O)O. The van der Waals surface area contributed by atoms with Crippen molar-refractivity contribution in [2.45, 2.75) is 25.3 Å². The molecule has 0 saturated carbocycles. The average molecular weight is 345 g/mol. The van der Waals surface area contributed by atoms with E-state index in [4.69, 9.17) is 4.74 Å². The van der Waals surface area contributed by atoms with Crippen LogP contribution in [0.5, 0.6) is 5.75 Å². The van der Waals surface area contributed by atoms with E-state index in [1.807, 2.05) is 30.3 Å². The lowest BCUT2D eigenvalue weighted by atomic mass is 10.1. The van der Waals surface area contributed by atoms with Gasteiger partial charge in [0.05, 0.1) is 6.61 Å². The highest BCUT2D eigenvalue weighted by molar-refractivity contribution is 5.83. The van der Waals surface area contributed by atoms with E-state index in [0.717, 1.165) is 5.56 Å². The number of carbonyl (C=O) groups excluding carboxylic acids is 1. The van der Waals surface area contributed by atoms with Crippen LogP contribution < -0.4 is 10.1 Å². The van der Waals surface area contributed by atoms with Crippen LogP contribution in [0.4, 0.5) is 4.39 Å². The van der Waals surface area contributed by atoms with Gasteiger partial charge in [-0.2, -0.15) is 0 Å². The zero-order valence-electron chi connectivity index (χ0n) is 13.7. The number of rotatable bonds is 9. The molecule has 1 amide bonds. The highest BCUT2D eigenvalue weighted by Gasteiger charge is 2.20. The van der Waals surface area contributed by atoms with E-state index in [0.29, 0.717) is 12.2 Å². The standard InChI is InChI=1S/C19H20FNO4/c20-15-8-4-9-16(13-15)25-11-5-10-18(22)21-17(19(23)24)12-14-6-2-1-3-7-14/h1-4,6-9,13,17H,5,10-12H2,(H,21,22)(H,23,24). The van der Waals surface area contributed by atoms with Crippen molar-refractivity contribution in [1.29, 1.82) is 0 Å². The van der Waals surface area contributed by atoms with Crippen molar-refractivity contribution >= 4 is 11.9 Å². The summed E-state index contributed by atoms with van der Waals surface area (Å²) in [5.41, 5.74) is 0.838. The average Bonchev–Trinajstić information content (AvgIpc) is 2.59. The van der Waals surface area contributed by atoms with Gasteiger partial charge in [-0.05, 0) is 24.1 Å². The summed E-state index contributed by atoms with van der Waals surface area (Å²) in [6.45, 7) is 0.243. The van der Waals surface area contributed by atoms with Crippen molar-refractivity contribution in [3.05, 3.63) is 66.0 Å². The largest absolute Gasteiger partial charge is 0.493 e. The molecular formula is C19H20FNO4. The maximum Gasteiger partial charge on any atom is 0.326 e. The topological polar surface area (TPSA) is 75.6 Å². The number of benzene rings is 2. The Kier molecular flexibility index (Phi) is 6.95. The van der Waals surface area contributed by atoms with Crippen LogP contribution in [0.2, 0.25) is 0 Å². The van der Waals surface area contributed by atoms with Crippen molar-refractivity contribution < 1.29 is 23.8 Å². The van der Waals surface area contributed by atoms with E-state index < -0.39 is 12.0 Å². The first-order valence-corrected chi connectivity index (χ1v) is 7.99. The maximum absolute atomic E-state index is 13.0. The van der Waals surface area contributed by atoms with Gasteiger partial charge in [-0.25, -0.2) is 9.18 Å². The first-order chi connectivity index (χ1) is 12.0. The minimum absolute atomic E-state index is 0.133. The van der Waals surface area contributed by atoms with Gasteiger partial charge < -0.3 is 15.2 Å². The molecule has 0 fully saturated rings. The van der Waals surface area contributed by atoms with Crippen molar-refractivity contribution in [2.75, 3.05) is 6.61 Å². The van der Waals surface area contributed by atoms with E-state index in [-0.39, 0.29) is 31.2 Å². The number of carboxylic acid groups (broad SMARTS) is 1. The van der Waals surface area contributed by atoms with Crippen LogP contribution in [0.3, 0.4) is 0 Å². The van der Waals surface area contributed by atoms with Gasteiger partial charge in [0.2, 0.25) is 5.91 Å². The molecule has 0 aliphatic carbocycles. The molecule has 0 aliphatic heterocycles. The molecule has 0 spiro atoms. The summed E-state index contributed by atoms with van der Waals surface area (Å²) in [6, 6.07) is 13.9. The van der Waals surface area contributed by atoms with Gasteiger partial charge in [-0.15, -0.1) is 0 Å². The number of halogens is 1. The fourth-order valence-corrected chi connectivity index (χ4v) is 2.30. The second kappa shape index (κ2) is 9.42. The molecule has 2 aromatic rings. The Morgan fingerprint density at radius 2 is 1.88 bits per heavy atom. The monoisotopic (exact) mass is 345 g/mol. The molecule has 1 unspecified atom stereocenters. The summed E-state index contributed by atoms with van der Waals surface area (Å²) in [5.74, 6) is -1.42. The molecule has 2 N–H and O–H groups in total. The Morgan fingerprint density at radius 1 is 1.12 bits per heavy atom. The molecule has 0 aliphatic rings. The molecule has 0 heterocycles. The van der Waals surface area contributed by atoms with E-state index in [2.05, 4.69) is 5.32 Å². The first-order valence-electron chi connectivity index (χ1n) is 7.99. The second-order valence-electron chi connectivity index (χ2n) is 5.56. The smallest absolute Gasteiger partial charge is 0.326 e. The van der Waals surface area contributed by atoms with Crippen LogP contribution in [-0.2, 0) is 16.0 Å². The number of carbonyl (C=O) groups is 2. The van der Waals surface area contributed by atoms with E-state index in [9.17, 15) is 19.1 Å². The molecule has 0 aromatic heterocycles. The molecule has 0 radical (unpaired) electrons. The van der Waals surface area contributed by atoms with Crippen LogP contribution in [0.25, 0.3) is 0 Å². The third-order valence-electron chi connectivity index (χ3n) is 3.53. The highest BCUT2D eigenvalue weighted by atomic mass is 19.1. The van der Waals surface area contributed by atoms with Gasteiger partial charge in [-0.3, -0.25) is 4.79 Å². The van der Waals surface area contributed by atoms with Crippen LogP contribution in [0.1, 0.15) is 18.4 Å². The Hall–Kier alpha value is -2.89. The normalized spacial score (nSPS) is 11.6. The lowest BCUT2D eigenvalue weighted by Crippen LogP contribution is -2.42. The van der Waals surface area contributed by atoms with Crippen molar-refractivity contribution in [3.8, 4) is 5.75 Å². The number of aliphatic carboxylic acids is 1. The van der Waals surface area contributed by atoms with Crippen LogP contribution in [0, 0.1) is 5.82 Å². The molecular weight excluding hydrogens is 325 g/mol. The molecule has 2 rings (SSSR count). The second-order valence-corrected chi connectivity index (χ2v) is 5.56. The lowest BCUT2D eigenvalue weighted by Gasteiger charge is -2.14. The number of nitrogens with one attached hydrogen (secondary N) is 1. The molecule has 2 aromatic carbocycles. The Bertz CT molecular complexity index is 706. The van der Waals surface area contributed by atoms with Crippen LogP contribution in [-0.4, -0.2) is 29.6 Å². The number of hydrogen-bond donors (Lipinski definition) is 2. The number of hydrogen-bond acceptors (Lipinski definition) is 3. The lowest BCUT2D eigenvalue weighted by molar-refractivity contribution is -0.141. The van der Waals surface area contributed by atoms with Crippen molar-refractivity contribution in [3.63, 3.8) is 0 Å². The molecule has 25 heavy (non-hydrogen) atoms. The summed E-state index contributed by atoms with van der Waals surface area (Å²) < 4.78 is 18.4. The molecule has 0 saturated heterocycles. The Balaban J connectivity index is 1.74. The van der Waals surface area contributed by atoms with E-state index >= 15 is 0 Å². The fraction of sp³-hybridized carbons (Fsp3) is 0.263. The number of amides is 1. The Morgan fingerprint density at radius 3 is 2.56 bits per heavy atom. The Labute approximate surface area is 145 Å². The van der Waals surface area contributed by atoms with Crippen molar-refractivity contribution in [1.82, 2.24) is 5.32 Å². The van der Waals surface area contributed by atoms with Gasteiger partial charge in [0, 0.05) is 18.9 Å². The van der Waals surface area contributed by atoms with E-state index in [1.165, 1.54) is 12.1 Å². The quantitative estimate of drug-likeness (QED) is 0.685. The molecule has 0 bridgehead atoms. The third kappa shape index (κ3) is 6.63. The van der Waals surface area contributed by atoms with Gasteiger partial charge in [-0.1, -0.05) is 36.4 Å². The summed E-state index contributed by atoms with van der Waals surface area (Å²) >= 11 is 0. The van der Waals surface area contributed by atoms with Gasteiger partial charge in [0.25, 0.3) is 0 Å². The zero-order valence-corrected chi connectivity index (χ0v) is 13.7. The summed E-state index contributed by atoms with van der Waals surface area (Å²) in [7, 11) is 0. The minimum Gasteiger partial charge on any atom is -0.493 e. The molecule has 5 nitrogen and oxygen atoms in total. The fourth-order valence-electron chi connectivity index (χ4n) is 2.30. The number of carboxylic acids is 1. The number of ether oxygens (including phenoxy) is 1. The van der Waals surface area contributed by atoms with E-state index in [1.54, 1.807) is 12.1 Å². The predicted molar refractivity (Wildman–Crippen MR) is 90.8 cm³/mol. The van der Waals surface area contributed by atoms with Crippen LogP contribution >= 0.6 is 0 Å². The van der Waals surface area contributed by atoms with Crippen LogP contribution in [0.15, 0.2) is 54.6 Å².